The van der Waals surface area contributed by atoms with E-state index in [1.54, 1.807) is 5.57 Å². The molecule has 0 N–H and O–H groups in total. The van der Waals surface area contributed by atoms with Crippen molar-refractivity contribution in [2.75, 3.05) is 16.3 Å². The lowest BCUT2D eigenvalue weighted by Gasteiger charge is -2.39. The van der Waals surface area contributed by atoms with Crippen LogP contribution in [0.3, 0.4) is 0 Å². The van der Waals surface area contributed by atoms with Crippen molar-refractivity contribution in [2.45, 2.75) is 44.6 Å². The molecule has 0 saturated heterocycles. The molecule has 2 bridgehead atoms. The van der Waals surface area contributed by atoms with Crippen molar-refractivity contribution in [3.05, 3.63) is 131 Å². The molecular formula is C39H38N3S2+. The van der Waals surface area contributed by atoms with Crippen molar-refractivity contribution in [3.8, 4) is 0 Å². The zero-order valence-corrected chi connectivity index (χ0v) is 27.0. The van der Waals surface area contributed by atoms with Gasteiger partial charge >= 0.3 is 0 Å². The molecule has 2 heterocycles. The van der Waals surface area contributed by atoms with Crippen LogP contribution in [0.2, 0.25) is 0 Å². The van der Waals surface area contributed by atoms with E-state index in [-0.39, 0.29) is 0 Å². The maximum absolute atomic E-state index is 2.65. The molecule has 2 aliphatic carbocycles. The van der Waals surface area contributed by atoms with Crippen LogP contribution in [0.4, 0.5) is 17.1 Å². The molecule has 0 radical (unpaired) electrons. The first kappa shape index (κ1) is 27.7. The average molecular weight is 613 g/mol. The van der Waals surface area contributed by atoms with E-state index in [4.69, 9.17) is 0 Å². The number of hydrogen-bond acceptors (Lipinski definition) is 4. The quantitative estimate of drug-likeness (QED) is 0.169. The van der Waals surface area contributed by atoms with Gasteiger partial charge in [0.1, 0.15) is 11.2 Å². The molecule has 44 heavy (non-hydrogen) atoms. The fraction of sp³-hybridized carbons (Fsp3) is 0.256. The van der Waals surface area contributed by atoms with E-state index in [1.165, 1.54) is 67.2 Å². The SMILES string of the molecule is CCN1C(=CC2C(N(c3ccccc3)c3ccccc3)=C(c3sc4ccccc4[n+]3CC)C3CCC2C3)Sc2ccccc21. The molecule has 3 aliphatic rings. The van der Waals surface area contributed by atoms with Gasteiger partial charge in [0.25, 0.3) is 5.01 Å². The van der Waals surface area contributed by atoms with Crippen LogP contribution in [0, 0.1) is 17.8 Å². The standard InChI is InChI=1S/C39H38N3S2/c1-3-40-32-19-11-13-21-34(32)43-36(40)26-31-27-23-24-28(25-27)37(39-41(4-2)33-20-12-14-22-35(33)44-39)38(31)42(29-15-7-5-8-16-29)30-17-9-6-10-18-30/h5-22,26-28,31H,3-4,23-25H2,1-2H3/q+1. The second-order valence-electron chi connectivity index (χ2n) is 12.0. The molecule has 0 amide bonds. The Morgan fingerprint density at radius 2 is 1.50 bits per heavy atom. The van der Waals surface area contributed by atoms with E-state index in [0.29, 0.717) is 17.8 Å². The highest BCUT2D eigenvalue weighted by atomic mass is 32.2. The van der Waals surface area contributed by atoms with Crippen molar-refractivity contribution in [3.63, 3.8) is 0 Å². The molecule has 5 aromatic rings. The zero-order chi connectivity index (χ0) is 29.6. The van der Waals surface area contributed by atoms with Crippen molar-refractivity contribution in [1.29, 1.82) is 0 Å². The Morgan fingerprint density at radius 1 is 0.818 bits per heavy atom. The first-order valence-corrected chi connectivity index (χ1v) is 17.7. The third-order valence-electron chi connectivity index (χ3n) is 9.68. The number of anilines is 3. The summed E-state index contributed by atoms with van der Waals surface area (Å²) in [4.78, 5) is 6.50. The van der Waals surface area contributed by atoms with Crippen LogP contribution in [0.1, 0.15) is 38.1 Å². The van der Waals surface area contributed by atoms with E-state index in [1.807, 2.05) is 23.1 Å². The van der Waals surface area contributed by atoms with Gasteiger partial charge in [0.15, 0.2) is 0 Å². The summed E-state index contributed by atoms with van der Waals surface area (Å²) in [5, 5.41) is 2.81. The predicted molar refractivity (Wildman–Crippen MR) is 187 cm³/mol. The minimum absolute atomic E-state index is 0.297. The Labute approximate surface area is 269 Å². The largest absolute Gasteiger partial charge is 0.336 e. The Morgan fingerprint density at radius 3 is 2.23 bits per heavy atom. The number of thioether (sulfide) groups is 1. The first-order chi connectivity index (χ1) is 21.7. The van der Waals surface area contributed by atoms with Crippen LogP contribution >= 0.6 is 23.1 Å². The van der Waals surface area contributed by atoms with E-state index in [2.05, 4.69) is 143 Å². The summed E-state index contributed by atoms with van der Waals surface area (Å²) < 4.78 is 3.96. The van der Waals surface area contributed by atoms with E-state index in [9.17, 15) is 0 Å². The smallest absolute Gasteiger partial charge is 0.268 e. The molecule has 8 rings (SSSR count). The predicted octanol–water partition coefficient (Wildman–Crippen LogP) is 10.3. The fourth-order valence-corrected chi connectivity index (χ4v) is 10.3. The molecule has 1 aromatic heterocycles. The molecule has 3 nitrogen and oxygen atoms in total. The highest BCUT2D eigenvalue weighted by molar-refractivity contribution is 8.03. The number of rotatable bonds is 7. The van der Waals surface area contributed by atoms with E-state index < -0.39 is 0 Å². The maximum Gasteiger partial charge on any atom is 0.268 e. The van der Waals surface area contributed by atoms with Crippen LogP contribution < -0.4 is 14.4 Å². The number of aryl methyl sites for hydroxylation is 1. The Kier molecular flexibility index (Phi) is 7.31. The highest BCUT2D eigenvalue weighted by Gasteiger charge is 2.47. The molecule has 3 unspecified atom stereocenters. The van der Waals surface area contributed by atoms with Gasteiger partial charge in [-0.05, 0) is 93.5 Å². The van der Waals surface area contributed by atoms with Crippen LogP contribution in [0.25, 0.3) is 15.8 Å². The average Bonchev–Trinajstić information content (AvgIpc) is 3.77. The number of aromatic nitrogens is 1. The Hall–Kier alpha value is -3.80. The third-order valence-corrected chi connectivity index (χ3v) is 12.0. The molecule has 5 heteroatoms. The van der Waals surface area contributed by atoms with E-state index >= 15 is 0 Å². The monoisotopic (exact) mass is 612 g/mol. The summed E-state index contributed by atoms with van der Waals surface area (Å²) in [6, 6.07) is 40.0. The lowest BCUT2D eigenvalue weighted by Crippen LogP contribution is -2.38. The number of hydrogen-bond donors (Lipinski definition) is 0. The molecule has 220 valence electrons. The number of fused-ring (bicyclic) bond motifs is 4. The van der Waals surface area contributed by atoms with Gasteiger partial charge in [-0.25, -0.2) is 0 Å². The summed E-state index contributed by atoms with van der Waals surface area (Å²) in [5.74, 6) is 1.47. The number of benzene rings is 4. The molecule has 1 saturated carbocycles. The molecule has 1 fully saturated rings. The second-order valence-corrected chi connectivity index (χ2v) is 14.1. The lowest BCUT2D eigenvalue weighted by atomic mass is 9.77. The fourth-order valence-electron chi connectivity index (χ4n) is 7.77. The molecular weight excluding hydrogens is 575 g/mol. The number of nitrogens with zero attached hydrogens (tertiary/aromatic N) is 3. The summed E-state index contributed by atoms with van der Waals surface area (Å²) in [7, 11) is 0. The number of allylic oxidation sites excluding steroid dienone is 2. The van der Waals surface area contributed by atoms with Gasteiger partial charge in [0.2, 0.25) is 5.52 Å². The third kappa shape index (κ3) is 4.60. The number of para-hydroxylation sites is 4. The minimum atomic E-state index is 0.297. The van der Waals surface area contributed by atoms with Crippen molar-refractivity contribution >= 4 is 56.0 Å². The van der Waals surface area contributed by atoms with Gasteiger partial charge in [0, 0.05) is 40.5 Å². The minimum Gasteiger partial charge on any atom is -0.336 e. The van der Waals surface area contributed by atoms with Gasteiger partial charge < -0.3 is 9.80 Å². The van der Waals surface area contributed by atoms with Crippen LogP contribution in [-0.4, -0.2) is 6.54 Å². The zero-order valence-electron chi connectivity index (χ0n) is 25.4. The summed E-state index contributed by atoms with van der Waals surface area (Å²) in [6.45, 7) is 6.52. The van der Waals surface area contributed by atoms with E-state index in [0.717, 1.165) is 13.1 Å². The van der Waals surface area contributed by atoms with Crippen LogP contribution in [0.5, 0.6) is 0 Å². The summed E-state index contributed by atoms with van der Waals surface area (Å²) in [6.07, 6.45) is 6.43. The molecule has 3 atom stereocenters. The van der Waals surface area contributed by atoms with Gasteiger partial charge in [-0.1, -0.05) is 83.8 Å². The van der Waals surface area contributed by atoms with Gasteiger partial charge in [-0.15, -0.1) is 0 Å². The van der Waals surface area contributed by atoms with Gasteiger partial charge in [-0.2, -0.15) is 4.57 Å². The highest BCUT2D eigenvalue weighted by Crippen LogP contribution is 2.57. The van der Waals surface area contributed by atoms with Crippen LogP contribution in [-0.2, 0) is 6.54 Å². The first-order valence-electron chi connectivity index (χ1n) is 16.1. The second kappa shape index (κ2) is 11.6. The van der Waals surface area contributed by atoms with Crippen molar-refractivity contribution in [1.82, 2.24) is 0 Å². The molecule has 0 spiro atoms. The van der Waals surface area contributed by atoms with Crippen molar-refractivity contribution in [2.24, 2.45) is 17.8 Å². The summed E-state index contributed by atoms with van der Waals surface area (Å²) in [5.41, 5.74) is 8.18. The van der Waals surface area contributed by atoms with Crippen LogP contribution in [0.15, 0.2) is 131 Å². The normalized spacial score (nSPS) is 21.8. The maximum atomic E-state index is 2.65. The lowest BCUT2D eigenvalue weighted by molar-refractivity contribution is -0.665. The Bertz CT molecular complexity index is 1830. The molecule has 1 aliphatic heterocycles. The van der Waals surface area contributed by atoms with Crippen molar-refractivity contribution < 1.29 is 4.57 Å². The Balaban J connectivity index is 1.42. The summed E-state index contributed by atoms with van der Waals surface area (Å²) >= 11 is 3.93. The topological polar surface area (TPSA) is 10.4 Å². The van der Waals surface area contributed by atoms with Gasteiger partial charge in [0.05, 0.1) is 16.3 Å². The molecule has 4 aromatic carbocycles. The van der Waals surface area contributed by atoms with Gasteiger partial charge in [-0.3, -0.25) is 0 Å². The number of thiazole rings is 1.